The smallest absolute Gasteiger partial charge is 0.117 e. The Morgan fingerprint density at radius 3 is 2.83 bits per heavy atom. The van der Waals surface area contributed by atoms with Crippen molar-refractivity contribution in [2.75, 3.05) is 19.7 Å². The SMILES string of the molecule is Cc1ccc(CNCc2cccc(CN3CCOC(C)C3)c2)o1. The predicted octanol–water partition coefficient (Wildman–Crippen LogP) is 3.10. The molecule has 3 rings (SSSR count). The largest absolute Gasteiger partial charge is 0.465 e. The van der Waals surface area contributed by atoms with Crippen LogP contribution in [0.5, 0.6) is 0 Å². The lowest BCUT2D eigenvalue weighted by Gasteiger charge is -2.31. The minimum Gasteiger partial charge on any atom is -0.465 e. The van der Waals surface area contributed by atoms with Crippen molar-refractivity contribution in [2.45, 2.75) is 39.6 Å². The van der Waals surface area contributed by atoms with Crippen LogP contribution in [0.3, 0.4) is 0 Å². The highest BCUT2D eigenvalue weighted by Crippen LogP contribution is 2.12. The first-order valence-corrected chi connectivity index (χ1v) is 8.37. The van der Waals surface area contributed by atoms with Crippen LogP contribution >= 0.6 is 0 Å². The molecule has 0 bridgehead atoms. The molecule has 1 fully saturated rings. The molecule has 1 aromatic heterocycles. The van der Waals surface area contributed by atoms with E-state index in [-0.39, 0.29) is 0 Å². The van der Waals surface area contributed by atoms with Crippen LogP contribution in [-0.4, -0.2) is 30.7 Å². The number of hydrogen-bond acceptors (Lipinski definition) is 4. The van der Waals surface area contributed by atoms with E-state index in [9.17, 15) is 0 Å². The van der Waals surface area contributed by atoms with E-state index in [1.54, 1.807) is 0 Å². The van der Waals surface area contributed by atoms with Gasteiger partial charge in [-0.05, 0) is 37.1 Å². The van der Waals surface area contributed by atoms with E-state index in [1.807, 2.05) is 19.1 Å². The molecule has 0 saturated carbocycles. The first kappa shape index (κ1) is 16.2. The Kier molecular flexibility index (Phi) is 5.49. The number of furan rings is 1. The maximum absolute atomic E-state index is 5.61. The molecule has 0 radical (unpaired) electrons. The normalized spacial score (nSPS) is 19.1. The van der Waals surface area contributed by atoms with Crippen molar-refractivity contribution in [3.8, 4) is 0 Å². The maximum atomic E-state index is 5.61. The minimum absolute atomic E-state index is 0.338. The molecule has 1 atom stereocenters. The Hall–Kier alpha value is -1.62. The van der Waals surface area contributed by atoms with Crippen LogP contribution < -0.4 is 5.32 Å². The summed E-state index contributed by atoms with van der Waals surface area (Å²) in [6.45, 7) is 9.60. The maximum Gasteiger partial charge on any atom is 0.117 e. The fourth-order valence-corrected chi connectivity index (χ4v) is 3.04. The van der Waals surface area contributed by atoms with Crippen molar-refractivity contribution in [2.24, 2.45) is 0 Å². The van der Waals surface area contributed by atoms with E-state index < -0.39 is 0 Å². The summed E-state index contributed by atoms with van der Waals surface area (Å²) >= 11 is 0. The van der Waals surface area contributed by atoms with Gasteiger partial charge in [-0.2, -0.15) is 0 Å². The molecular weight excluding hydrogens is 288 g/mol. The van der Waals surface area contributed by atoms with Crippen LogP contribution in [0.4, 0.5) is 0 Å². The number of nitrogens with zero attached hydrogens (tertiary/aromatic N) is 1. The van der Waals surface area contributed by atoms with Gasteiger partial charge in [-0.1, -0.05) is 24.3 Å². The second-order valence-corrected chi connectivity index (χ2v) is 6.35. The molecule has 1 aromatic carbocycles. The van der Waals surface area contributed by atoms with Crippen LogP contribution in [0.1, 0.15) is 29.6 Å². The molecule has 0 spiro atoms. The molecule has 2 heterocycles. The summed E-state index contributed by atoms with van der Waals surface area (Å²) in [5.74, 6) is 1.95. The molecule has 1 aliphatic heterocycles. The molecule has 1 saturated heterocycles. The monoisotopic (exact) mass is 314 g/mol. The van der Waals surface area contributed by atoms with Crippen molar-refractivity contribution in [3.63, 3.8) is 0 Å². The Labute approximate surface area is 138 Å². The topological polar surface area (TPSA) is 37.6 Å². The minimum atomic E-state index is 0.338. The summed E-state index contributed by atoms with van der Waals surface area (Å²) in [5, 5.41) is 3.44. The van der Waals surface area contributed by atoms with Crippen LogP contribution in [0.15, 0.2) is 40.8 Å². The van der Waals surface area contributed by atoms with Gasteiger partial charge in [0.2, 0.25) is 0 Å². The third-order valence-electron chi connectivity index (χ3n) is 4.15. The van der Waals surface area contributed by atoms with Gasteiger partial charge in [0.1, 0.15) is 11.5 Å². The third-order valence-corrected chi connectivity index (χ3v) is 4.15. The third kappa shape index (κ3) is 4.93. The lowest BCUT2D eigenvalue weighted by molar-refractivity contribution is -0.0212. The number of rotatable bonds is 6. The molecular formula is C19H26N2O2. The summed E-state index contributed by atoms with van der Waals surface area (Å²) in [7, 11) is 0. The summed E-state index contributed by atoms with van der Waals surface area (Å²) in [6.07, 6.45) is 0.338. The highest BCUT2D eigenvalue weighted by molar-refractivity contribution is 5.23. The van der Waals surface area contributed by atoms with Gasteiger partial charge in [0.25, 0.3) is 0 Å². The number of aryl methyl sites for hydroxylation is 1. The number of benzene rings is 1. The molecule has 23 heavy (non-hydrogen) atoms. The van der Waals surface area contributed by atoms with Crippen LogP contribution in [0.25, 0.3) is 0 Å². The highest BCUT2D eigenvalue weighted by Gasteiger charge is 2.16. The van der Waals surface area contributed by atoms with E-state index >= 15 is 0 Å². The van der Waals surface area contributed by atoms with Gasteiger partial charge in [-0.3, -0.25) is 4.90 Å². The van der Waals surface area contributed by atoms with Crippen LogP contribution in [-0.2, 0) is 24.4 Å². The van der Waals surface area contributed by atoms with Gasteiger partial charge in [0.05, 0.1) is 19.3 Å². The zero-order chi connectivity index (χ0) is 16.1. The molecule has 0 amide bonds. The number of ether oxygens (including phenoxy) is 1. The molecule has 1 N–H and O–H groups in total. The first-order chi connectivity index (χ1) is 11.2. The molecule has 124 valence electrons. The summed E-state index contributed by atoms with van der Waals surface area (Å²) in [5.41, 5.74) is 2.68. The zero-order valence-corrected chi connectivity index (χ0v) is 14.0. The lowest BCUT2D eigenvalue weighted by atomic mass is 10.1. The van der Waals surface area contributed by atoms with E-state index in [4.69, 9.17) is 9.15 Å². The van der Waals surface area contributed by atoms with Crippen molar-refractivity contribution in [3.05, 3.63) is 59.0 Å². The van der Waals surface area contributed by atoms with Gasteiger partial charge in [-0.15, -0.1) is 0 Å². The van der Waals surface area contributed by atoms with Crippen LogP contribution in [0.2, 0.25) is 0 Å². The Bertz CT molecular complexity index is 623. The zero-order valence-electron chi connectivity index (χ0n) is 14.0. The second kappa shape index (κ2) is 7.77. The van der Waals surface area contributed by atoms with Crippen molar-refractivity contribution in [1.29, 1.82) is 0 Å². The summed E-state index contributed by atoms with van der Waals surface area (Å²) in [6, 6.07) is 12.8. The van der Waals surface area contributed by atoms with E-state index in [2.05, 4.69) is 41.4 Å². The summed E-state index contributed by atoms with van der Waals surface area (Å²) < 4.78 is 11.2. The van der Waals surface area contributed by atoms with Gasteiger partial charge < -0.3 is 14.5 Å². The number of nitrogens with one attached hydrogen (secondary N) is 1. The van der Waals surface area contributed by atoms with Gasteiger partial charge in [0, 0.05) is 26.2 Å². The molecule has 2 aromatic rings. The fraction of sp³-hybridized carbons (Fsp3) is 0.474. The average molecular weight is 314 g/mol. The highest BCUT2D eigenvalue weighted by atomic mass is 16.5. The predicted molar refractivity (Wildman–Crippen MR) is 91.1 cm³/mol. The molecule has 1 unspecified atom stereocenters. The first-order valence-electron chi connectivity index (χ1n) is 8.37. The molecule has 0 aliphatic carbocycles. The van der Waals surface area contributed by atoms with Crippen LogP contribution in [0, 0.1) is 6.92 Å². The Morgan fingerprint density at radius 1 is 1.17 bits per heavy atom. The average Bonchev–Trinajstić information content (AvgIpc) is 2.93. The van der Waals surface area contributed by atoms with Crippen molar-refractivity contribution < 1.29 is 9.15 Å². The van der Waals surface area contributed by atoms with Gasteiger partial charge >= 0.3 is 0 Å². The van der Waals surface area contributed by atoms with Crippen molar-refractivity contribution >= 4 is 0 Å². The fourth-order valence-electron chi connectivity index (χ4n) is 3.04. The quantitative estimate of drug-likeness (QED) is 0.889. The second-order valence-electron chi connectivity index (χ2n) is 6.35. The molecule has 4 nitrogen and oxygen atoms in total. The standard InChI is InChI=1S/C19H26N2O2/c1-15-6-7-19(23-15)12-20-11-17-4-3-5-18(10-17)14-21-8-9-22-16(2)13-21/h3-7,10,16,20H,8-9,11-14H2,1-2H3. The Balaban J connectivity index is 1.50. The molecule has 4 heteroatoms. The molecule has 1 aliphatic rings. The van der Waals surface area contributed by atoms with Gasteiger partial charge in [-0.25, -0.2) is 0 Å². The number of hydrogen-bond donors (Lipinski definition) is 1. The Morgan fingerprint density at radius 2 is 2.04 bits per heavy atom. The van der Waals surface area contributed by atoms with E-state index in [1.165, 1.54) is 11.1 Å². The summed E-state index contributed by atoms with van der Waals surface area (Å²) in [4.78, 5) is 2.46. The van der Waals surface area contributed by atoms with Gasteiger partial charge in [0.15, 0.2) is 0 Å². The van der Waals surface area contributed by atoms with E-state index in [0.717, 1.165) is 50.9 Å². The van der Waals surface area contributed by atoms with E-state index in [0.29, 0.717) is 6.10 Å². The van der Waals surface area contributed by atoms with Crippen molar-refractivity contribution in [1.82, 2.24) is 10.2 Å². The number of morpholine rings is 1. The lowest BCUT2D eigenvalue weighted by Crippen LogP contribution is -2.40.